The van der Waals surface area contributed by atoms with Gasteiger partial charge in [-0.1, -0.05) is 49.0 Å². The van der Waals surface area contributed by atoms with Gasteiger partial charge in [-0.3, -0.25) is 9.36 Å². The maximum absolute atomic E-state index is 12.7. The van der Waals surface area contributed by atoms with Crippen LogP contribution in [0.4, 0.5) is 0 Å². The van der Waals surface area contributed by atoms with Gasteiger partial charge in [-0.25, -0.2) is 9.89 Å². The number of hydrogen-bond acceptors (Lipinski definition) is 5. The van der Waals surface area contributed by atoms with E-state index in [1.54, 1.807) is 11.7 Å². The highest BCUT2D eigenvalue weighted by molar-refractivity contribution is 7.99. The number of para-hydroxylation sites is 1. The van der Waals surface area contributed by atoms with Crippen LogP contribution in [-0.4, -0.2) is 45.1 Å². The van der Waals surface area contributed by atoms with Crippen molar-refractivity contribution in [3.63, 3.8) is 0 Å². The molecule has 0 saturated carbocycles. The van der Waals surface area contributed by atoms with Crippen molar-refractivity contribution in [1.82, 2.24) is 25.1 Å². The first-order valence-corrected chi connectivity index (χ1v) is 11.8. The van der Waals surface area contributed by atoms with E-state index >= 15 is 0 Å². The van der Waals surface area contributed by atoms with Crippen molar-refractivity contribution >= 4 is 28.6 Å². The zero-order valence-corrected chi connectivity index (χ0v) is 19.4. The number of thioether (sulfide) groups is 1. The molecule has 2 heterocycles. The molecule has 9 heteroatoms. The number of carbonyl (C=O) groups excluding carboxylic acids is 1. The van der Waals surface area contributed by atoms with Crippen LogP contribution in [0.15, 0.2) is 64.7 Å². The number of carbonyl (C=O) groups is 1. The van der Waals surface area contributed by atoms with Gasteiger partial charge in [0.15, 0.2) is 5.16 Å². The molecular formula is C24H27N5O3S. The van der Waals surface area contributed by atoms with Crippen LogP contribution in [0, 0.1) is 0 Å². The molecule has 0 aliphatic carbocycles. The summed E-state index contributed by atoms with van der Waals surface area (Å²) < 4.78 is 6.86. The summed E-state index contributed by atoms with van der Waals surface area (Å²) in [6, 6.07) is 16.0. The van der Waals surface area contributed by atoms with Gasteiger partial charge >= 0.3 is 5.69 Å². The molecule has 1 amide bonds. The van der Waals surface area contributed by atoms with E-state index in [9.17, 15) is 9.59 Å². The van der Waals surface area contributed by atoms with Gasteiger partial charge in [0, 0.05) is 36.1 Å². The molecule has 8 nitrogen and oxygen atoms in total. The summed E-state index contributed by atoms with van der Waals surface area (Å²) in [4.78, 5) is 27.9. The van der Waals surface area contributed by atoms with Crippen molar-refractivity contribution in [3.8, 4) is 5.75 Å². The summed E-state index contributed by atoms with van der Waals surface area (Å²) in [5.41, 5.74) is 3.00. The third-order valence-corrected chi connectivity index (χ3v) is 6.50. The molecule has 3 N–H and O–H groups in total. The van der Waals surface area contributed by atoms with E-state index in [0.717, 1.165) is 34.2 Å². The average molecular weight is 466 g/mol. The highest BCUT2D eigenvalue weighted by atomic mass is 32.2. The quantitative estimate of drug-likeness (QED) is 0.311. The summed E-state index contributed by atoms with van der Waals surface area (Å²) in [5, 5.41) is 11.2. The van der Waals surface area contributed by atoms with Gasteiger partial charge in [-0.05, 0) is 35.7 Å². The Bertz CT molecular complexity index is 1280. The molecule has 0 saturated heterocycles. The number of aromatic nitrogens is 4. The molecule has 1 unspecified atom stereocenters. The predicted molar refractivity (Wildman–Crippen MR) is 130 cm³/mol. The van der Waals surface area contributed by atoms with Crippen LogP contribution >= 0.6 is 11.8 Å². The van der Waals surface area contributed by atoms with E-state index in [1.807, 2.05) is 55.6 Å². The summed E-state index contributed by atoms with van der Waals surface area (Å²) in [5.74, 6) is 0.813. The van der Waals surface area contributed by atoms with Crippen LogP contribution in [-0.2, 0) is 11.3 Å². The Hall–Kier alpha value is -3.46. The molecule has 0 spiro atoms. The molecule has 0 bridgehead atoms. The Morgan fingerprint density at radius 1 is 1.21 bits per heavy atom. The highest BCUT2D eigenvalue weighted by Crippen LogP contribution is 2.31. The number of benzene rings is 2. The number of hydrogen-bond donors (Lipinski definition) is 3. The predicted octanol–water partition coefficient (Wildman–Crippen LogP) is 3.51. The molecule has 2 aromatic carbocycles. The van der Waals surface area contributed by atoms with Crippen LogP contribution < -0.4 is 15.7 Å². The maximum atomic E-state index is 12.7. The molecular weight excluding hydrogens is 438 g/mol. The Kier molecular flexibility index (Phi) is 7.19. The molecule has 0 aliphatic heterocycles. The number of methoxy groups -OCH3 is 1. The first-order valence-electron chi connectivity index (χ1n) is 10.8. The van der Waals surface area contributed by atoms with Gasteiger partial charge < -0.3 is 15.0 Å². The molecule has 0 fully saturated rings. The zero-order valence-electron chi connectivity index (χ0n) is 18.6. The number of H-pyrrole nitrogens is 2. The maximum Gasteiger partial charge on any atom is 0.343 e. The average Bonchev–Trinajstić information content (AvgIpc) is 3.42. The minimum absolute atomic E-state index is 0.0374. The lowest BCUT2D eigenvalue weighted by Gasteiger charge is -2.18. The van der Waals surface area contributed by atoms with Crippen molar-refractivity contribution < 1.29 is 9.53 Å². The van der Waals surface area contributed by atoms with E-state index in [4.69, 9.17) is 4.74 Å². The fourth-order valence-corrected chi connectivity index (χ4v) is 4.66. The van der Waals surface area contributed by atoms with Crippen molar-refractivity contribution in [2.75, 3.05) is 19.4 Å². The number of nitrogens with zero attached hydrogens (tertiary/aromatic N) is 2. The number of aromatic amines is 2. The Morgan fingerprint density at radius 2 is 2.00 bits per heavy atom. The van der Waals surface area contributed by atoms with Crippen LogP contribution in [0.1, 0.15) is 30.4 Å². The van der Waals surface area contributed by atoms with Gasteiger partial charge in [0.2, 0.25) is 5.91 Å². The van der Waals surface area contributed by atoms with Gasteiger partial charge in [0.1, 0.15) is 5.75 Å². The molecule has 33 heavy (non-hydrogen) atoms. The number of amides is 1. The molecule has 172 valence electrons. The number of nitrogens with one attached hydrogen (secondary N) is 3. The van der Waals surface area contributed by atoms with Crippen molar-refractivity contribution in [1.29, 1.82) is 0 Å². The topological polar surface area (TPSA) is 105 Å². The molecule has 2 aromatic heterocycles. The van der Waals surface area contributed by atoms with E-state index < -0.39 is 0 Å². The van der Waals surface area contributed by atoms with Gasteiger partial charge in [0.05, 0.1) is 12.9 Å². The second-order valence-electron chi connectivity index (χ2n) is 7.67. The first-order chi connectivity index (χ1) is 16.1. The smallest absolute Gasteiger partial charge is 0.343 e. The van der Waals surface area contributed by atoms with Crippen LogP contribution in [0.25, 0.3) is 10.9 Å². The van der Waals surface area contributed by atoms with Gasteiger partial charge in [0.25, 0.3) is 0 Å². The normalized spacial score (nSPS) is 12.1. The molecule has 4 aromatic rings. The first kappa shape index (κ1) is 22.7. The lowest BCUT2D eigenvalue weighted by molar-refractivity contribution is -0.118. The fourth-order valence-electron chi connectivity index (χ4n) is 3.86. The largest absolute Gasteiger partial charge is 0.497 e. The second kappa shape index (κ2) is 10.4. The lowest BCUT2D eigenvalue weighted by atomic mass is 9.91. The number of rotatable bonds is 10. The van der Waals surface area contributed by atoms with E-state index in [0.29, 0.717) is 18.2 Å². The van der Waals surface area contributed by atoms with Crippen LogP contribution in [0.3, 0.4) is 0 Å². The Morgan fingerprint density at radius 3 is 2.76 bits per heavy atom. The fraction of sp³-hybridized carbons (Fsp3) is 0.292. The minimum Gasteiger partial charge on any atom is -0.497 e. The number of ether oxygens (including phenoxy) is 1. The van der Waals surface area contributed by atoms with E-state index in [1.165, 1.54) is 11.8 Å². The molecule has 0 aliphatic rings. The van der Waals surface area contributed by atoms with Crippen LogP contribution in [0.5, 0.6) is 5.75 Å². The summed E-state index contributed by atoms with van der Waals surface area (Å²) in [6.45, 7) is 3.00. The third kappa shape index (κ3) is 5.14. The SMILES string of the molecule is CCCn1c(SCC(=O)NCC(c2ccc(OC)cc2)c2c[nH]c3ccccc23)n[nH]c1=O. The highest BCUT2D eigenvalue weighted by Gasteiger charge is 2.20. The summed E-state index contributed by atoms with van der Waals surface area (Å²) in [7, 11) is 1.64. The third-order valence-electron chi connectivity index (χ3n) is 5.52. The van der Waals surface area contributed by atoms with Gasteiger partial charge in [-0.15, -0.1) is 5.10 Å². The standard InChI is InChI=1S/C24H27N5O3S/c1-3-12-29-23(31)27-28-24(29)33-15-22(30)26-13-19(16-8-10-17(32-2)11-9-16)20-14-25-21-7-5-4-6-18(20)21/h4-11,14,19,25H,3,12-13,15H2,1-2H3,(H,26,30)(H,27,31). The Labute approximate surface area is 195 Å². The summed E-state index contributed by atoms with van der Waals surface area (Å²) >= 11 is 1.25. The van der Waals surface area contributed by atoms with Crippen LogP contribution in [0.2, 0.25) is 0 Å². The minimum atomic E-state index is -0.251. The summed E-state index contributed by atoms with van der Waals surface area (Å²) in [6.07, 6.45) is 2.82. The van der Waals surface area contributed by atoms with Crippen molar-refractivity contribution in [2.45, 2.75) is 31.0 Å². The number of fused-ring (bicyclic) bond motifs is 1. The molecule has 1 atom stereocenters. The Balaban J connectivity index is 1.49. The van der Waals surface area contributed by atoms with Crippen molar-refractivity contribution in [2.24, 2.45) is 0 Å². The lowest BCUT2D eigenvalue weighted by Crippen LogP contribution is -2.30. The van der Waals surface area contributed by atoms with E-state index in [-0.39, 0.29) is 23.3 Å². The molecule has 4 rings (SSSR count). The van der Waals surface area contributed by atoms with E-state index in [2.05, 4.69) is 26.6 Å². The molecule has 0 radical (unpaired) electrons. The second-order valence-corrected chi connectivity index (χ2v) is 8.61. The van der Waals surface area contributed by atoms with Gasteiger partial charge in [-0.2, -0.15) is 0 Å². The van der Waals surface area contributed by atoms with Crippen molar-refractivity contribution in [3.05, 3.63) is 76.3 Å². The zero-order chi connectivity index (χ0) is 23.2. The monoisotopic (exact) mass is 465 g/mol.